The summed E-state index contributed by atoms with van der Waals surface area (Å²) in [6.07, 6.45) is 0.729. The molecule has 1 saturated carbocycles. The van der Waals surface area contributed by atoms with Crippen molar-refractivity contribution < 1.29 is 42.9 Å². The zero-order chi connectivity index (χ0) is 50.0. The van der Waals surface area contributed by atoms with Crippen molar-refractivity contribution in [1.82, 2.24) is 40.3 Å². The van der Waals surface area contributed by atoms with Crippen LogP contribution < -0.4 is 26.0 Å². The van der Waals surface area contributed by atoms with Gasteiger partial charge in [0.2, 0.25) is 17.8 Å². The van der Waals surface area contributed by atoms with E-state index in [0.29, 0.717) is 98.7 Å². The number of aryl methyl sites for hydroxylation is 1. The topological polar surface area (TPSA) is 213 Å². The number of benzene rings is 2. The Morgan fingerprint density at radius 3 is 2.43 bits per heavy atom. The Hall–Kier alpha value is -5.16. The smallest absolute Gasteiger partial charge is 0.258 e. The zero-order valence-electron chi connectivity index (χ0n) is 40.1. The Kier molecular flexibility index (Phi) is 17.9. The molecule has 3 atom stereocenters. The van der Waals surface area contributed by atoms with Crippen molar-refractivity contribution in [2.75, 3.05) is 96.2 Å². The minimum Gasteiger partial charge on any atom is -0.495 e. The number of thioether (sulfide) groups is 1. The molecular formula is C48H62ClFN10O8S2. The van der Waals surface area contributed by atoms with Crippen LogP contribution >= 0.6 is 34.7 Å². The molecule has 3 aliphatic rings. The molecule has 70 heavy (non-hydrogen) atoms. The maximum Gasteiger partial charge on any atom is 0.258 e. The summed E-state index contributed by atoms with van der Waals surface area (Å²) < 4.78 is 31.4. The third-order valence-corrected chi connectivity index (χ3v) is 15.2. The largest absolute Gasteiger partial charge is 0.495 e. The molecule has 1 unspecified atom stereocenters. The number of carbonyl (C=O) groups is 4. The minimum absolute atomic E-state index is 0.0317. The molecule has 0 radical (unpaired) electrons. The van der Waals surface area contributed by atoms with Crippen LogP contribution in [0.3, 0.4) is 0 Å². The van der Waals surface area contributed by atoms with Gasteiger partial charge >= 0.3 is 0 Å². The molecule has 5 N–H and O–H groups in total. The van der Waals surface area contributed by atoms with Gasteiger partial charge in [0.25, 0.3) is 11.8 Å². The first-order valence-electron chi connectivity index (χ1n) is 23.3. The molecule has 4 heterocycles. The van der Waals surface area contributed by atoms with Crippen molar-refractivity contribution in [2.24, 2.45) is 0 Å². The summed E-state index contributed by atoms with van der Waals surface area (Å²) in [7, 11) is 3.25. The number of alkyl halides is 1. The van der Waals surface area contributed by atoms with Gasteiger partial charge < -0.3 is 50.4 Å². The highest BCUT2D eigenvalue weighted by molar-refractivity contribution is 8.00. The van der Waals surface area contributed by atoms with Gasteiger partial charge in [0.1, 0.15) is 28.7 Å². The van der Waals surface area contributed by atoms with E-state index in [9.17, 15) is 24.3 Å². The average molecular weight is 1030 g/mol. The number of ether oxygens (including phenoxy) is 3. The monoisotopic (exact) mass is 1020 g/mol. The predicted molar refractivity (Wildman–Crippen MR) is 269 cm³/mol. The van der Waals surface area contributed by atoms with Crippen LogP contribution in [0, 0.1) is 6.92 Å². The van der Waals surface area contributed by atoms with E-state index in [4.69, 9.17) is 25.8 Å². The Labute approximate surface area is 420 Å². The lowest BCUT2D eigenvalue weighted by atomic mass is 10.00. The fourth-order valence-electron chi connectivity index (χ4n) is 8.23. The van der Waals surface area contributed by atoms with Gasteiger partial charge in [-0.2, -0.15) is 16.7 Å². The van der Waals surface area contributed by atoms with Gasteiger partial charge in [-0.3, -0.25) is 24.1 Å². The van der Waals surface area contributed by atoms with Crippen molar-refractivity contribution in [2.45, 2.75) is 75.2 Å². The minimum atomic E-state index is -2.03. The van der Waals surface area contributed by atoms with E-state index < -0.39 is 46.3 Å². The van der Waals surface area contributed by atoms with Crippen LogP contribution in [-0.4, -0.2) is 173 Å². The van der Waals surface area contributed by atoms with E-state index in [-0.39, 0.29) is 38.3 Å². The number of halogens is 2. The van der Waals surface area contributed by atoms with Crippen LogP contribution in [0.5, 0.6) is 5.75 Å². The molecule has 0 spiro atoms. The first kappa shape index (κ1) is 52.7. The van der Waals surface area contributed by atoms with Crippen molar-refractivity contribution >= 4 is 75.8 Å². The zero-order valence-corrected chi connectivity index (χ0v) is 42.5. The van der Waals surface area contributed by atoms with E-state index in [1.54, 1.807) is 55.9 Å². The average Bonchev–Trinajstić information content (AvgIpc) is 3.77. The number of β-amino-alcohol motifs (C(OH)–C–C–N with tert-alkyl or cyclic N) is 1. The standard InChI is InChI=1S/C48H62ClFN10O8S2/c1-30-39(69-29-54-30)32-8-6-31(7-9-32)26-52-42(62)37-25-34(61)28-60(37)44(64)40(56-45(65)48(50)12-13-48)47(2,3)70-23-22-68-21-20-67-19-18-58-14-16-59(17-15-58)43(63)33-10-11-36(38(24-33)66-5)55-46-53-27-35(49)41(51-4)57-46/h6-11,24,27,29,34,37,40,61H,12-23,25-26,28H2,1-5H3,(H,52,62)(H,56,65)(H2,51,53,55,57)/t34-,37+,40?/m1/s1. The number of hydrogen-bond acceptors (Lipinski definition) is 16. The molecule has 22 heteroatoms. The number of anilines is 3. The number of aromatic nitrogens is 3. The summed E-state index contributed by atoms with van der Waals surface area (Å²) in [6.45, 7) is 10.4. The van der Waals surface area contributed by atoms with E-state index >= 15 is 4.39 Å². The molecule has 2 aromatic heterocycles. The number of aliphatic hydroxyl groups is 1. The summed E-state index contributed by atoms with van der Waals surface area (Å²) >= 11 is 9.06. The summed E-state index contributed by atoms with van der Waals surface area (Å²) in [6, 6.07) is 10.8. The number of aliphatic hydroxyl groups excluding tert-OH is 1. The number of nitrogens with one attached hydrogen (secondary N) is 4. The predicted octanol–water partition coefficient (Wildman–Crippen LogP) is 4.92. The SMILES string of the molecule is CNc1nc(Nc2ccc(C(=O)N3CCN(CCOCCOCCSC(C)(C)C(NC(=O)C4(F)CC4)C(=O)N4C[C@H](O)C[C@H]4C(=O)NCc4ccc(-c5scnc5C)cc4)CC3)cc2OC)ncc1Cl. The number of hydrogen-bond donors (Lipinski definition) is 5. The van der Waals surface area contributed by atoms with E-state index in [1.165, 1.54) is 30.0 Å². The van der Waals surface area contributed by atoms with Gasteiger partial charge in [-0.05, 0) is 62.9 Å². The van der Waals surface area contributed by atoms with Gasteiger partial charge in [0, 0.05) is 75.3 Å². The second-order valence-electron chi connectivity index (χ2n) is 17.9. The molecule has 4 amide bonds. The molecule has 0 bridgehead atoms. The van der Waals surface area contributed by atoms with Crippen LogP contribution in [0.2, 0.25) is 5.02 Å². The Bertz CT molecular complexity index is 2460. The highest BCUT2D eigenvalue weighted by atomic mass is 35.5. The van der Waals surface area contributed by atoms with Crippen LogP contribution in [0.15, 0.2) is 54.2 Å². The van der Waals surface area contributed by atoms with Gasteiger partial charge in [-0.1, -0.05) is 35.9 Å². The number of thiazole rings is 1. The van der Waals surface area contributed by atoms with Crippen LogP contribution in [0.25, 0.3) is 10.4 Å². The molecule has 1 aliphatic carbocycles. The molecule has 18 nitrogen and oxygen atoms in total. The second-order valence-corrected chi connectivity index (χ2v) is 21.0. The van der Waals surface area contributed by atoms with Crippen LogP contribution in [0.1, 0.15) is 54.7 Å². The van der Waals surface area contributed by atoms with E-state index in [2.05, 4.69) is 41.1 Å². The summed E-state index contributed by atoms with van der Waals surface area (Å²) in [5.74, 6) is -0.207. The van der Waals surface area contributed by atoms with Crippen molar-refractivity contribution in [3.8, 4) is 16.2 Å². The van der Waals surface area contributed by atoms with E-state index in [0.717, 1.165) is 21.7 Å². The first-order chi connectivity index (χ1) is 33.6. The lowest BCUT2D eigenvalue weighted by Crippen LogP contribution is -2.61. The fourth-order valence-corrected chi connectivity index (χ4v) is 10.3. The number of rotatable bonds is 23. The molecule has 7 rings (SSSR count). The number of likely N-dealkylation sites (tertiary alicyclic amines) is 1. The summed E-state index contributed by atoms with van der Waals surface area (Å²) in [5, 5.41) is 22.7. The second kappa shape index (κ2) is 23.8. The molecule has 2 aromatic carbocycles. The summed E-state index contributed by atoms with van der Waals surface area (Å²) in [4.78, 5) is 73.8. The quantitative estimate of drug-likeness (QED) is 0.0624. The van der Waals surface area contributed by atoms with Gasteiger partial charge in [-0.25, -0.2) is 14.4 Å². The lowest BCUT2D eigenvalue weighted by molar-refractivity contribution is -0.143. The maximum absolute atomic E-state index is 15.0. The van der Waals surface area contributed by atoms with E-state index in [1.807, 2.05) is 36.1 Å². The van der Waals surface area contributed by atoms with Crippen LogP contribution in [0.4, 0.5) is 21.8 Å². The van der Waals surface area contributed by atoms with Crippen molar-refractivity contribution in [1.29, 1.82) is 0 Å². The van der Waals surface area contributed by atoms with Crippen LogP contribution in [-0.2, 0) is 30.4 Å². The normalized spacial score (nSPS) is 18.3. The molecule has 3 fully saturated rings. The molecular weight excluding hydrogens is 963 g/mol. The Morgan fingerprint density at radius 1 is 1.03 bits per heavy atom. The highest BCUT2D eigenvalue weighted by Crippen LogP contribution is 2.41. The van der Waals surface area contributed by atoms with Gasteiger partial charge in [0.05, 0.1) is 67.6 Å². The summed E-state index contributed by atoms with van der Waals surface area (Å²) in [5.41, 5.74) is 3.71. The molecule has 4 aromatic rings. The molecule has 2 aliphatic heterocycles. The first-order valence-corrected chi connectivity index (χ1v) is 25.6. The third kappa shape index (κ3) is 13.4. The van der Waals surface area contributed by atoms with Crippen molar-refractivity contribution in [3.63, 3.8) is 0 Å². The third-order valence-electron chi connectivity index (χ3n) is 12.6. The van der Waals surface area contributed by atoms with Crippen molar-refractivity contribution in [3.05, 3.63) is 76.0 Å². The number of piperazine rings is 1. The number of carbonyl (C=O) groups excluding carboxylic acids is 4. The fraction of sp³-hybridized carbons (Fsp3) is 0.521. The Morgan fingerprint density at radius 2 is 1.76 bits per heavy atom. The maximum atomic E-state index is 15.0. The number of nitrogens with zero attached hydrogens (tertiary/aromatic N) is 6. The van der Waals surface area contributed by atoms with Gasteiger partial charge in [0.15, 0.2) is 5.67 Å². The molecule has 378 valence electrons. The van der Waals surface area contributed by atoms with Gasteiger partial charge in [-0.15, -0.1) is 11.3 Å². The number of amides is 4. The Balaban J connectivity index is 0.813. The highest BCUT2D eigenvalue weighted by Gasteiger charge is 2.54. The molecule has 2 saturated heterocycles. The lowest BCUT2D eigenvalue weighted by Gasteiger charge is -2.37. The number of methoxy groups -OCH3 is 1.